The predicted octanol–water partition coefficient (Wildman–Crippen LogP) is 7.18. The molecular weight excluding hydrogens is 367 g/mol. The molecule has 28 heavy (non-hydrogen) atoms. The number of benzene rings is 2. The fraction of sp³-hybridized carbons (Fsp3) is 0.500. The Labute approximate surface area is 172 Å². The molecule has 2 aromatic rings. The summed E-state index contributed by atoms with van der Waals surface area (Å²) >= 11 is 0. The molecule has 0 aliphatic carbocycles. The van der Waals surface area contributed by atoms with Gasteiger partial charge in [-0.1, -0.05) is 81.0 Å². The second-order valence-electron chi connectivity index (χ2n) is 7.60. The summed E-state index contributed by atoms with van der Waals surface area (Å²) in [6.07, 6.45) is 7.97. The molecular formula is C24H35O3P. The van der Waals surface area contributed by atoms with Gasteiger partial charge in [-0.15, -0.1) is 0 Å². The van der Waals surface area contributed by atoms with Crippen molar-refractivity contribution in [2.45, 2.75) is 72.6 Å². The van der Waals surface area contributed by atoms with Gasteiger partial charge in [0.1, 0.15) is 5.75 Å². The van der Waals surface area contributed by atoms with E-state index in [1.165, 1.54) is 42.4 Å². The quantitative estimate of drug-likeness (QED) is 0.302. The van der Waals surface area contributed by atoms with Crippen LogP contribution in [0.4, 0.5) is 0 Å². The number of aryl methyl sites for hydroxylation is 3. The molecule has 0 aromatic heterocycles. The van der Waals surface area contributed by atoms with Crippen LogP contribution in [-0.2, 0) is 10.9 Å². The summed E-state index contributed by atoms with van der Waals surface area (Å²) in [5.74, 6) is 0.755. The highest BCUT2D eigenvalue weighted by Crippen LogP contribution is 2.40. The van der Waals surface area contributed by atoms with E-state index in [0.29, 0.717) is 6.61 Å². The average molecular weight is 403 g/mol. The van der Waals surface area contributed by atoms with Crippen LogP contribution in [0, 0.1) is 20.8 Å². The van der Waals surface area contributed by atoms with Crippen molar-refractivity contribution in [3.05, 3.63) is 64.2 Å². The second kappa shape index (κ2) is 12.2. The summed E-state index contributed by atoms with van der Waals surface area (Å²) < 4.78 is 11.5. The number of hydrogen-bond donors (Lipinski definition) is 1. The van der Waals surface area contributed by atoms with Crippen LogP contribution in [-0.4, -0.2) is 11.5 Å². The topological polar surface area (TPSA) is 38.7 Å². The van der Waals surface area contributed by atoms with Gasteiger partial charge in [-0.3, -0.25) is 0 Å². The second-order valence-corrected chi connectivity index (χ2v) is 8.52. The molecule has 0 heterocycles. The van der Waals surface area contributed by atoms with E-state index in [1.807, 2.05) is 6.92 Å². The summed E-state index contributed by atoms with van der Waals surface area (Å²) in [5, 5.41) is 0. The molecule has 1 N–H and O–H groups in total. The van der Waals surface area contributed by atoms with Gasteiger partial charge in [0.2, 0.25) is 0 Å². The molecule has 0 aliphatic heterocycles. The van der Waals surface area contributed by atoms with Crippen LogP contribution in [0.2, 0.25) is 0 Å². The normalized spacial score (nSPS) is 12.2. The molecule has 3 nitrogen and oxygen atoms in total. The first-order chi connectivity index (χ1) is 13.5. The Morgan fingerprint density at radius 2 is 1.57 bits per heavy atom. The van der Waals surface area contributed by atoms with Crippen LogP contribution in [0.1, 0.15) is 73.3 Å². The predicted molar refractivity (Wildman–Crippen MR) is 119 cm³/mol. The minimum absolute atomic E-state index is 0.548. The number of unbranched alkanes of at least 4 members (excludes halogenated alkanes) is 5. The minimum atomic E-state index is -1.91. The lowest BCUT2D eigenvalue weighted by Crippen LogP contribution is -2.01. The van der Waals surface area contributed by atoms with E-state index in [9.17, 15) is 4.89 Å². The van der Waals surface area contributed by atoms with Gasteiger partial charge in [-0.2, -0.15) is 0 Å². The Morgan fingerprint density at radius 3 is 2.32 bits per heavy atom. The van der Waals surface area contributed by atoms with E-state index in [4.69, 9.17) is 9.05 Å². The van der Waals surface area contributed by atoms with Crippen LogP contribution in [0.25, 0.3) is 0 Å². The van der Waals surface area contributed by atoms with Crippen molar-refractivity contribution in [3.8, 4) is 5.75 Å². The summed E-state index contributed by atoms with van der Waals surface area (Å²) in [5.41, 5.74) is 5.86. The zero-order valence-corrected chi connectivity index (χ0v) is 18.7. The maximum Gasteiger partial charge on any atom is 0.394 e. The minimum Gasteiger partial charge on any atom is -0.426 e. The summed E-state index contributed by atoms with van der Waals surface area (Å²) in [4.78, 5) is 10.3. The van der Waals surface area contributed by atoms with Crippen LogP contribution in [0.3, 0.4) is 0 Å². The number of rotatable bonds is 12. The third kappa shape index (κ3) is 7.54. The molecule has 0 spiro atoms. The molecule has 4 heteroatoms. The maximum atomic E-state index is 10.3. The Hall–Kier alpha value is -1.41. The highest BCUT2D eigenvalue weighted by Gasteiger charge is 2.16. The Bertz CT molecular complexity index is 730. The van der Waals surface area contributed by atoms with Crippen molar-refractivity contribution in [1.82, 2.24) is 0 Å². The van der Waals surface area contributed by atoms with E-state index in [1.54, 1.807) is 0 Å². The van der Waals surface area contributed by atoms with E-state index < -0.39 is 8.60 Å². The van der Waals surface area contributed by atoms with Gasteiger partial charge >= 0.3 is 8.60 Å². The van der Waals surface area contributed by atoms with Crippen LogP contribution >= 0.6 is 8.60 Å². The average Bonchev–Trinajstić information content (AvgIpc) is 2.65. The molecule has 0 aliphatic rings. The first kappa shape index (κ1) is 22.9. The summed E-state index contributed by atoms with van der Waals surface area (Å²) in [7, 11) is -1.91. The standard InChI is InChI=1S/C24H35O3P/c1-5-6-7-8-9-12-15-26-28(25)27-24-21(4)16-19(2)17-23(24)18-22-14-11-10-13-20(22)3/h10-11,13-14,16-17,25H,5-9,12,15,18H2,1-4H3. The molecule has 0 saturated carbocycles. The van der Waals surface area contributed by atoms with Gasteiger partial charge in [0.25, 0.3) is 0 Å². The zero-order chi connectivity index (χ0) is 20.4. The van der Waals surface area contributed by atoms with Crippen molar-refractivity contribution in [2.24, 2.45) is 0 Å². The molecule has 0 radical (unpaired) electrons. The SMILES string of the molecule is CCCCCCCCOP(O)Oc1c(C)cc(C)cc1Cc1ccccc1C. The van der Waals surface area contributed by atoms with E-state index in [0.717, 1.165) is 36.1 Å². The maximum absolute atomic E-state index is 10.3. The highest BCUT2D eigenvalue weighted by molar-refractivity contribution is 7.41. The van der Waals surface area contributed by atoms with E-state index in [2.05, 4.69) is 57.2 Å². The molecule has 1 unspecified atom stereocenters. The molecule has 1 atom stereocenters. The zero-order valence-electron chi connectivity index (χ0n) is 17.8. The largest absolute Gasteiger partial charge is 0.426 e. The monoisotopic (exact) mass is 402 g/mol. The van der Waals surface area contributed by atoms with Crippen molar-refractivity contribution >= 4 is 8.60 Å². The Morgan fingerprint density at radius 1 is 0.857 bits per heavy atom. The molecule has 0 fully saturated rings. The molecule has 0 amide bonds. The lowest BCUT2D eigenvalue weighted by molar-refractivity contribution is 0.252. The Kier molecular flexibility index (Phi) is 9.98. The molecule has 0 bridgehead atoms. The molecule has 2 rings (SSSR count). The molecule has 154 valence electrons. The first-order valence-electron chi connectivity index (χ1n) is 10.5. The lowest BCUT2D eigenvalue weighted by Gasteiger charge is -2.18. The summed E-state index contributed by atoms with van der Waals surface area (Å²) in [6, 6.07) is 12.6. The third-order valence-corrected chi connectivity index (χ3v) is 5.75. The smallest absolute Gasteiger partial charge is 0.394 e. The Balaban J connectivity index is 1.95. The van der Waals surface area contributed by atoms with Crippen LogP contribution < -0.4 is 4.52 Å². The molecule has 0 saturated heterocycles. The summed E-state index contributed by atoms with van der Waals surface area (Å²) in [6.45, 7) is 9.02. The highest BCUT2D eigenvalue weighted by atomic mass is 31.2. The van der Waals surface area contributed by atoms with Crippen LogP contribution in [0.15, 0.2) is 36.4 Å². The number of hydrogen-bond acceptors (Lipinski definition) is 3. The van der Waals surface area contributed by atoms with Gasteiger partial charge in [0, 0.05) is 6.42 Å². The molecule has 2 aromatic carbocycles. The lowest BCUT2D eigenvalue weighted by atomic mass is 9.97. The van der Waals surface area contributed by atoms with Gasteiger partial charge in [-0.05, 0) is 49.4 Å². The first-order valence-corrected chi connectivity index (χ1v) is 11.6. The van der Waals surface area contributed by atoms with Crippen molar-refractivity contribution in [1.29, 1.82) is 0 Å². The van der Waals surface area contributed by atoms with E-state index in [-0.39, 0.29) is 0 Å². The van der Waals surface area contributed by atoms with Gasteiger partial charge in [0.05, 0.1) is 6.61 Å². The van der Waals surface area contributed by atoms with Gasteiger partial charge < -0.3 is 13.9 Å². The fourth-order valence-electron chi connectivity index (χ4n) is 3.45. The fourth-order valence-corrected chi connectivity index (χ4v) is 4.20. The van der Waals surface area contributed by atoms with Crippen molar-refractivity contribution in [3.63, 3.8) is 0 Å². The van der Waals surface area contributed by atoms with Crippen LogP contribution in [0.5, 0.6) is 5.75 Å². The van der Waals surface area contributed by atoms with Gasteiger partial charge in [-0.25, -0.2) is 0 Å². The van der Waals surface area contributed by atoms with Crippen molar-refractivity contribution < 1.29 is 13.9 Å². The third-order valence-electron chi connectivity index (χ3n) is 5.01. The van der Waals surface area contributed by atoms with Gasteiger partial charge in [0.15, 0.2) is 0 Å². The van der Waals surface area contributed by atoms with Crippen molar-refractivity contribution in [2.75, 3.05) is 6.61 Å². The van der Waals surface area contributed by atoms with E-state index >= 15 is 0 Å².